The van der Waals surface area contributed by atoms with Crippen LogP contribution in [0, 0.1) is 5.82 Å². The van der Waals surface area contributed by atoms with Crippen molar-refractivity contribution in [1.82, 2.24) is 25.3 Å². The summed E-state index contributed by atoms with van der Waals surface area (Å²) in [6, 6.07) is 3.06. The molecule has 0 radical (unpaired) electrons. The number of fused-ring (bicyclic) bond motifs is 1. The minimum absolute atomic E-state index is 0.131. The molecule has 3 aromatic heterocycles. The van der Waals surface area contributed by atoms with Crippen LogP contribution >= 0.6 is 0 Å². The zero-order valence-corrected chi connectivity index (χ0v) is 14.2. The van der Waals surface area contributed by atoms with Gasteiger partial charge < -0.3 is 15.6 Å². The van der Waals surface area contributed by atoms with Crippen molar-refractivity contribution in [3.05, 3.63) is 36.5 Å². The number of anilines is 1. The summed E-state index contributed by atoms with van der Waals surface area (Å²) in [4.78, 5) is 27.8. The van der Waals surface area contributed by atoms with Crippen molar-refractivity contribution < 1.29 is 9.18 Å². The molecule has 0 fully saturated rings. The fraction of sp³-hybridized carbons (Fsp3) is 0.294. The van der Waals surface area contributed by atoms with Crippen molar-refractivity contribution in [3.63, 3.8) is 0 Å². The second-order valence-corrected chi connectivity index (χ2v) is 6.13. The van der Waals surface area contributed by atoms with Gasteiger partial charge in [0, 0.05) is 29.9 Å². The van der Waals surface area contributed by atoms with Crippen molar-refractivity contribution in [2.45, 2.75) is 26.3 Å². The molecule has 25 heavy (non-hydrogen) atoms. The Morgan fingerprint density at radius 1 is 1.36 bits per heavy atom. The van der Waals surface area contributed by atoms with Gasteiger partial charge in [0.15, 0.2) is 5.82 Å². The van der Waals surface area contributed by atoms with Crippen LogP contribution in [0.1, 0.15) is 20.8 Å². The molecule has 0 aliphatic carbocycles. The quantitative estimate of drug-likeness (QED) is 0.662. The Labute approximate surface area is 144 Å². The van der Waals surface area contributed by atoms with Crippen LogP contribution in [0.15, 0.2) is 30.7 Å². The van der Waals surface area contributed by atoms with Crippen LogP contribution in [-0.2, 0) is 4.79 Å². The van der Waals surface area contributed by atoms with Gasteiger partial charge in [0.05, 0.1) is 6.20 Å². The molecule has 0 spiro atoms. The number of rotatable bonds is 5. The molecule has 0 bridgehead atoms. The maximum atomic E-state index is 13.5. The average Bonchev–Trinajstić information content (AvgIpc) is 2.98. The van der Waals surface area contributed by atoms with Crippen LogP contribution in [0.3, 0.4) is 0 Å². The second-order valence-electron chi connectivity index (χ2n) is 6.13. The van der Waals surface area contributed by atoms with Gasteiger partial charge in [0.1, 0.15) is 22.8 Å². The first-order chi connectivity index (χ1) is 11.9. The van der Waals surface area contributed by atoms with Crippen molar-refractivity contribution >= 4 is 22.8 Å². The molecular formula is C17H19FN6O. The molecule has 7 nitrogen and oxygen atoms in total. The van der Waals surface area contributed by atoms with Gasteiger partial charge in [-0.1, -0.05) is 0 Å². The van der Waals surface area contributed by atoms with Gasteiger partial charge in [0.25, 0.3) is 0 Å². The number of aromatic nitrogens is 4. The predicted octanol–water partition coefficient (Wildman–Crippen LogP) is 2.49. The van der Waals surface area contributed by atoms with Gasteiger partial charge in [-0.25, -0.2) is 19.3 Å². The molecule has 0 aliphatic rings. The van der Waals surface area contributed by atoms with Crippen LogP contribution in [0.2, 0.25) is 0 Å². The first-order valence-corrected chi connectivity index (χ1v) is 7.93. The van der Waals surface area contributed by atoms with Crippen LogP contribution in [0.4, 0.5) is 10.2 Å². The first kappa shape index (κ1) is 16.8. The molecule has 0 saturated heterocycles. The number of amides is 1. The summed E-state index contributed by atoms with van der Waals surface area (Å²) in [5, 5.41) is 6.48. The summed E-state index contributed by atoms with van der Waals surface area (Å²) in [6.07, 6.45) is 4.42. The van der Waals surface area contributed by atoms with Gasteiger partial charge >= 0.3 is 0 Å². The zero-order valence-electron chi connectivity index (χ0n) is 14.2. The fourth-order valence-electron chi connectivity index (χ4n) is 2.48. The number of carbonyl (C=O) groups is 1. The van der Waals surface area contributed by atoms with Gasteiger partial charge in [-0.2, -0.15) is 0 Å². The summed E-state index contributed by atoms with van der Waals surface area (Å²) in [5.74, 6) is 0.351. The lowest BCUT2D eigenvalue weighted by Crippen LogP contribution is -2.48. The lowest BCUT2D eigenvalue weighted by Gasteiger charge is -2.25. The van der Waals surface area contributed by atoms with E-state index in [4.69, 9.17) is 0 Å². The number of halogens is 1. The molecule has 1 amide bonds. The van der Waals surface area contributed by atoms with Crippen LogP contribution in [-0.4, -0.2) is 37.9 Å². The molecule has 0 atom stereocenters. The van der Waals surface area contributed by atoms with Crippen molar-refractivity contribution in [3.8, 4) is 11.4 Å². The Hall–Kier alpha value is -3.03. The molecule has 0 saturated carbocycles. The molecule has 8 heteroatoms. The number of nitrogens with zero attached hydrogens (tertiary/aromatic N) is 3. The summed E-state index contributed by atoms with van der Waals surface area (Å²) in [7, 11) is 0. The van der Waals surface area contributed by atoms with E-state index in [1.165, 1.54) is 6.07 Å². The molecule has 130 valence electrons. The highest BCUT2D eigenvalue weighted by atomic mass is 19.1. The number of H-pyrrole nitrogens is 1. The maximum absolute atomic E-state index is 13.5. The highest BCUT2D eigenvalue weighted by Crippen LogP contribution is 2.26. The normalized spacial score (nSPS) is 11.5. The monoisotopic (exact) mass is 342 g/mol. The second kappa shape index (κ2) is 6.46. The molecule has 3 aromatic rings. The summed E-state index contributed by atoms with van der Waals surface area (Å²) >= 11 is 0. The first-order valence-electron chi connectivity index (χ1n) is 7.93. The van der Waals surface area contributed by atoms with Crippen LogP contribution in [0.25, 0.3) is 22.4 Å². The van der Waals surface area contributed by atoms with Gasteiger partial charge in [-0.3, -0.25) is 4.79 Å². The molecule has 3 rings (SSSR count). The van der Waals surface area contributed by atoms with E-state index in [1.807, 2.05) is 6.92 Å². The Morgan fingerprint density at radius 2 is 2.16 bits per heavy atom. The smallest absolute Gasteiger partial charge is 0.245 e. The number of aromatic amines is 1. The summed E-state index contributed by atoms with van der Waals surface area (Å²) in [5.41, 5.74) is 0.359. The van der Waals surface area contributed by atoms with E-state index in [-0.39, 0.29) is 5.91 Å². The van der Waals surface area contributed by atoms with E-state index >= 15 is 0 Å². The van der Waals surface area contributed by atoms with Gasteiger partial charge in [-0.15, -0.1) is 0 Å². The lowest BCUT2D eigenvalue weighted by molar-refractivity contribution is -0.124. The third kappa shape index (κ3) is 3.42. The van der Waals surface area contributed by atoms with Crippen molar-refractivity contribution in [1.29, 1.82) is 0 Å². The lowest BCUT2D eigenvalue weighted by atomic mass is 10.0. The van der Waals surface area contributed by atoms with E-state index in [1.54, 1.807) is 32.3 Å². The standard InChI is InChI=1S/C17H19FN6O/c1-4-19-16(25)17(2,3)24-13-5-6-20-15(23-13)12-9-22-14-11(12)7-10(18)8-21-14/h5-9H,4H2,1-3H3,(H,19,25)(H,21,22)(H,20,23,24). The molecular weight excluding hydrogens is 323 g/mol. The van der Waals surface area contributed by atoms with Crippen molar-refractivity contribution in [2.75, 3.05) is 11.9 Å². The average molecular weight is 342 g/mol. The van der Waals surface area contributed by atoms with Gasteiger partial charge in [0.2, 0.25) is 5.91 Å². The van der Waals surface area contributed by atoms with E-state index < -0.39 is 11.4 Å². The Balaban J connectivity index is 1.93. The van der Waals surface area contributed by atoms with Crippen molar-refractivity contribution in [2.24, 2.45) is 0 Å². The van der Waals surface area contributed by atoms with E-state index in [9.17, 15) is 9.18 Å². The number of hydrogen-bond acceptors (Lipinski definition) is 5. The Bertz CT molecular complexity index is 920. The molecule has 0 aromatic carbocycles. The van der Waals surface area contributed by atoms with E-state index in [2.05, 4.69) is 30.6 Å². The highest BCUT2D eigenvalue weighted by molar-refractivity contribution is 5.92. The number of nitrogens with one attached hydrogen (secondary N) is 3. The van der Waals surface area contributed by atoms with Crippen LogP contribution < -0.4 is 10.6 Å². The topological polar surface area (TPSA) is 95.6 Å². The largest absolute Gasteiger partial charge is 0.356 e. The Morgan fingerprint density at radius 3 is 2.92 bits per heavy atom. The zero-order chi connectivity index (χ0) is 18.0. The minimum Gasteiger partial charge on any atom is -0.356 e. The predicted molar refractivity (Wildman–Crippen MR) is 93.5 cm³/mol. The summed E-state index contributed by atoms with van der Waals surface area (Å²) in [6.45, 7) is 5.95. The van der Waals surface area contributed by atoms with Gasteiger partial charge in [-0.05, 0) is 32.9 Å². The SMILES string of the molecule is CCNC(=O)C(C)(C)Nc1ccnc(-c2c[nH]c3ncc(F)cc23)n1. The fourth-order valence-corrected chi connectivity index (χ4v) is 2.48. The van der Waals surface area contributed by atoms with E-state index in [0.29, 0.717) is 34.8 Å². The van der Waals surface area contributed by atoms with Crippen LogP contribution in [0.5, 0.6) is 0 Å². The molecule has 3 heterocycles. The molecule has 0 aliphatic heterocycles. The third-order valence-electron chi connectivity index (χ3n) is 3.74. The number of likely N-dealkylation sites (N-methyl/N-ethyl adjacent to an activating group) is 1. The molecule has 0 unspecified atom stereocenters. The number of carbonyl (C=O) groups excluding carboxylic acids is 1. The number of hydrogen-bond donors (Lipinski definition) is 3. The summed E-state index contributed by atoms with van der Waals surface area (Å²) < 4.78 is 13.5. The maximum Gasteiger partial charge on any atom is 0.245 e. The van der Waals surface area contributed by atoms with E-state index in [0.717, 1.165) is 6.20 Å². The molecule has 3 N–H and O–H groups in total. The Kier molecular flexibility index (Phi) is 4.35. The highest BCUT2D eigenvalue weighted by Gasteiger charge is 2.27. The third-order valence-corrected chi connectivity index (χ3v) is 3.74. The minimum atomic E-state index is -0.838. The number of pyridine rings is 1.